The summed E-state index contributed by atoms with van der Waals surface area (Å²) in [6.45, 7) is 29.7. The number of hydrogen-bond acceptors (Lipinski definition) is 2. The Morgan fingerprint density at radius 2 is 1.07 bits per heavy atom. The van der Waals surface area contributed by atoms with E-state index in [1.165, 1.54) is 33.4 Å². The van der Waals surface area contributed by atoms with Crippen molar-refractivity contribution in [2.24, 2.45) is 0 Å². The minimum Gasteiger partial charge on any atom is -0.510 e. The molecule has 0 unspecified atom stereocenters. The first-order chi connectivity index (χ1) is 34.6. The van der Waals surface area contributed by atoms with E-state index in [4.69, 9.17) is 9.72 Å². The molecule has 0 N–H and O–H groups in total. The summed E-state index contributed by atoms with van der Waals surface area (Å²) in [5.41, 5.74) is 13.6. The first-order valence-corrected chi connectivity index (χ1v) is 25.7. The van der Waals surface area contributed by atoms with E-state index in [0.717, 1.165) is 55.8 Å². The third kappa shape index (κ3) is 10.1. The fourth-order valence-corrected chi connectivity index (χ4v) is 10.0. The molecule has 0 amide bonds. The Hall–Kier alpha value is -6.81. The topological polar surface area (TPSA) is 35.9 Å². The van der Waals surface area contributed by atoms with Gasteiger partial charge in [-0.3, -0.25) is 4.57 Å². The molecule has 0 aliphatic carbocycles. The second kappa shape index (κ2) is 19.5. The molecule has 3 aromatic heterocycles. The molecule has 0 bridgehead atoms. The summed E-state index contributed by atoms with van der Waals surface area (Å²) in [4.78, 5) is 5.01. The molecule has 10 aromatic rings. The average Bonchev–Trinajstić information content (AvgIpc) is 3.97. The average molecular weight is 1150 g/mol. The minimum absolute atomic E-state index is 0. The second-order valence-corrected chi connectivity index (χ2v) is 24.0. The largest absolute Gasteiger partial charge is 0.510 e. The molecule has 0 atom stereocenters. The number of aromatic nitrogens is 4. The molecule has 378 valence electrons. The second-order valence-electron chi connectivity index (χ2n) is 24.0. The summed E-state index contributed by atoms with van der Waals surface area (Å²) in [6, 6.07) is 66.2. The summed E-state index contributed by atoms with van der Waals surface area (Å²) < 4.78 is 13.6. The van der Waals surface area contributed by atoms with Gasteiger partial charge in [-0.15, -0.1) is 35.2 Å². The quantitative estimate of drug-likeness (QED) is 0.101. The van der Waals surface area contributed by atoms with Crippen LogP contribution in [0.5, 0.6) is 11.5 Å². The van der Waals surface area contributed by atoms with Crippen LogP contribution >= 0.6 is 0 Å². The van der Waals surface area contributed by atoms with Crippen molar-refractivity contribution in [1.82, 2.24) is 14.1 Å². The summed E-state index contributed by atoms with van der Waals surface area (Å²) >= 11 is 0. The van der Waals surface area contributed by atoms with Crippen molar-refractivity contribution in [2.75, 3.05) is 0 Å². The molecule has 3 heterocycles. The van der Waals surface area contributed by atoms with Gasteiger partial charge in [-0.2, -0.15) is 12.1 Å². The van der Waals surface area contributed by atoms with E-state index >= 15 is 0 Å². The summed E-state index contributed by atoms with van der Waals surface area (Å²) in [5, 5.41) is 2.21. The Morgan fingerprint density at radius 3 is 1.68 bits per heavy atom. The van der Waals surface area contributed by atoms with Crippen LogP contribution in [0, 0.1) is 18.5 Å². The van der Waals surface area contributed by atoms with Crippen LogP contribution in [0.2, 0.25) is 0 Å². The smallest absolute Gasteiger partial charge is 0.267 e. The Labute approximate surface area is 454 Å². The van der Waals surface area contributed by atoms with Gasteiger partial charge in [0.1, 0.15) is 5.82 Å². The van der Waals surface area contributed by atoms with Gasteiger partial charge in [0.05, 0.1) is 11.4 Å². The standard InChI is InChI=1S/C68H68N4O.Pt/c1-64(2,3)50-33-34-69-63(41-50)72-60-32-29-51(67(10,11)48-25-19-15-20-26-48)40-59(60)58-31-30-56(43-61(58)72)73-57-36-47(46-23-17-14-18-24-46)35-54(42-57)70-44-62(68(12,13)49-27-21-16-22-28-49)71(45-70)55-38-52(65(4,5)6)37-53(39-55)66(7,8)9;/h14-41,44H,1-13H3;/q-2;. The van der Waals surface area contributed by atoms with E-state index < -0.39 is 5.41 Å². The third-order valence-corrected chi connectivity index (χ3v) is 14.9. The van der Waals surface area contributed by atoms with E-state index in [1.54, 1.807) is 0 Å². The number of hydrogen-bond donors (Lipinski definition) is 0. The van der Waals surface area contributed by atoms with Gasteiger partial charge in [0.2, 0.25) is 0 Å². The van der Waals surface area contributed by atoms with Crippen molar-refractivity contribution >= 4 is 21.8 Å². The SMILES string of the molecule is CC(C)(C)c1cc(-[n+]2[c-]n(-c3[c-]c(Oc4[c-]c5c(cc4)c4cc(C(C)(C)c6ccccc6)ccc4n5-c4cc(C(C)(C)C)ccn4)cc(-c4ccccc4)c3)cc2C(C)(C)c2ccccc2)cc(C(C)(C)C)c1.[Pt]. The summed E-state index contributed by atoms with van der Waals surface area (Å²) in [5.74, 6) is 1.98. The molecule has 0 saturated heterocycles. The molecule has 5 nitrogen and oxygen atoms in total. The van der Waals surface area contributed by atoms with E-state index in [1.807, 2.05) is 12.3 Å². The van der Waals surface area contributed by atoms with Gasteiger partial charge in [-0.05, 0) is 96.6 Å². The Kier molecular flexibility index (Phi) is 13.7. The fourth-order valence-electron chi connectivity index (χ4n) is 10.0. The molecule has 0 fully saturated rings. The van der Waals surface area contributed by atoms with Crippen LogP contribution < -0.4 is 9.30 Å². The number of nitrogens with zero attached hydrogens (tertiary/aromatic N) is 4. The summed E-state index contributed by atoms with van der Waals surface area (Å²) in [6.07, 6.45) is 8.00. The normalized spacial score (nSPS) is 12.6. The van der Waals surface area contributed by atoms with E-state index in [9.17, 15) is 0 Å². The zero-order valence-corrected chi connectivity index (χ0v) is 47.5. The molecular weight excluding hydrogens is 1080 g/mol. The van der Waals surface area contributed by atoms with Gasteiger partial charge in [-0.25, -0.2) is 4.98 Å². The molecule has 0 saturated carbocycles. The van der Waals surface area contributed by atoms with Gasteiger partial charge in [-0.1, -0.05) is 205 Å². The first kappa shape index (κ1) is 52.1. The monoisotopic (exact) mass is 1150 g/mol. The van der Waals surface area contributed by atoms with Crippen molar-refractivity contribution in [3.63, 3.8) is 0 Å². The van der Waals surface area contributed by atoms with Crippen molar-refractivity contribution < 1.29 is 30.4 Å². The molecular formula is C68H68N4OPt-2. The van der Waals surface area contributed by atoms with Crippen LogP contribution in [0.1, 0.15) is 129 Å². The predicted molar refractivity (Wildman–Crippen MR) is 301 cm³/mol. The van der Waals surface area contributed by atoms with Crippen LogP contribution in [0.4, 0.5) is 0 Å². The van der Waals surface area contributed by atoms with Crippen molar-refractivity contribution in [1.29, 1.82) is 0 Å². The molecule has 74 heavy (non-hydrogen) atoms. The third-order valence-electron chi connectivity index (χ3n) is 14.9. The maximum atomic E-state index is 7.00. The Balaban J connectivity index is 0.00000672. The van der Waals surface area contributed by atoms with Gasteiger partial charge in [0.25, 0.3) is 6.33 Å². The van der Waals surface area contributed by atoms with Crippen molar-refractivity contribution in [3.05, 3.63) is 234 Å². The zero-order chi connectivity index (χ0) is 51.7. The number of ether oxygens (including phenoxy) is 1. The van der Waals surface area contributed by atoms with Crippen molar-refractivity contribution in [2.45, 2.75) is 117 Å². The summed E-state index contributed by atoms with van der Waals surface area (Å²) in [7, 11) is 0. The van der Waals surface area contributed by atoms with Gasteiger partial charge >= 0.3 is 0 Å². The van der Waals surface area contributed by atoms with Crippen LogP contribution in [0.3, 0.4) is 0 Å². The number of fused-ring (bicyclic) bond motifs is 3. The number of pyridine rings is 1. The van der Waals surface area contributed by atoms with E-state index in [-0.39, 0.29) is 42.7 Å². The van der Waals surface area contributed by atoms with E-state index in [0.29, 0.717) is 11.5 Å². The molecule has 0 spiro atoms. The zero-order valence-electron chi connectivity index (χ0n) is 45.3. The molecule has 0 radical (unpaired) electrons. The number of rotatable bonds is 10. The maximum absolute atomic E-state index is 7.00. The molecule has 0 aliphatic heterocycles. The van der Waals surface area contributed by atoms with Gasteiger partial charge in [0.15, 0.2) is 0 Å². The molecule has 7 aromatic carbocycles. The number of imidazole rings is 1. The fraction of sp³-hybridized carbons (Fsp3) is 0.265. The van der Waals surface area contributed by atoms with Gasteiger partial charge in [0, 0.05) is 61.3 Å². The number of benzene rings is 7. The Morgan fingerprint density at radius 1 is 0.473 bits per heavy atom. The minimum atomic E-state index is -0.402. The van der Waals surface area contributed by atoms with Crippen LogP contribution in [-0.2, 0) is 48.1 Å². The molecule has 6 heteroatoms. The van der Waals surface area contributed by atoms with Crippen molar-refractivity contribution in [3.8, 4) is 39.8 Å². The predicted octanol–water partition coefficient (Wildman–Crippen LogP) is 16.6. The van der Waals surface area contributed by atoms with E-state index in [2.05, 4.69) is 286 Å². The van der Waals surface area contributed by atoms with Crippen LogP contribution in [-0.4, -0.2) is 14.1 Å². The van der Waals surface area contributed by atoms with Crippen LogP contribution in [0.25, 0.3) is 50.1 Å². The first-order valence-electron chi connectivity index (χ1n) is 25.7. The Bertz CT molecular complexity index is 3600. The van der Waals surface area contributed by atoms with Crippen LogP contribution in [0.15, 0.2) is 176 Å². The van der Waals surface area contributed by atoms with Gasteiger partial charge < -0.3 is 13.9 Å². The molecule has 10 rings (SSSR count). The molecule has 0 aliphatic rings. The maximum Gasteiger partial charge on any atom is 0.267 e.